The van der Waals surface area contributed by atoms with E-state index in [2.05, 4.69) is 10.6 Å². The summed E-state index contributed by atoms with van der Waals surface area (Å²) in [6.07, 6.45) is -8.75. The van der Waals surface area contributed by atoms with Crippen molar-refractivity contribution in [3.8, 4) is 0 Å². The summed E-state index contributed by atoms with van der Waals surface area (Å²) in [5.41, 5.74) is 0. The summed E-state index contributed by atoms with van der Waals surface area (Å²) in [4.78, 5) is 36.6. The van der Waals surface area contributed by atoms with Crippen LogP contribution >= 0.6 is 0 Å². The molecule has 1 heterocycles. The van der Waals surface area contributed by atoms with Crippen LogP contribution in [-0.4, -0.2) is 160 Å². The number of rotatable bonds is 26. The predicted molar refractivity (Wildman–Crippen MR) is 168 cm³/mol. The van der Waals surface area contributed by atoms with E-state index in [1.165, 1.54) is 21.0 Å². The first-order valence-electron chi connectivity index (χ1n) is 16.6. The maximum Gasteiger partial charge on any atom is 0.220 e. The minimum atomic E-state index is -1.60. The number of aliphatic hydroxyl groups excluding tert-OH is 8. The number of Topliss-reactive ketones (excluding diaryl/α,β-unsaturated/α-hetero) is 1. The van der Waals surface area contributed by atoms with Gasteiger partial charge in [-0.25, -0.2) is 0 Å². The number of carbonyl (C=O) groups is 3. The van der Waals surface area contributed by atoms with E-state index in [1.807, 2.05) is 0 Å². The Morgan fingerprint density at radius 2 is 1.46 bits per heavy atom. The fourth-order valence-electron chi connectivity index (χ4n) is 4.93. The van der Waals surface area contributed by atoms with E-state index < -0.39 is 73.9 Å². The highest BCUT2D eigenvalue weighted by atomic mass is 16.7. The van der Waals surface area contributed by atoms with Crippen LogP contribution in [0.5, 0.6) is 0 Å². The standard InChI is InChI=1S/C31H58N2O15/c1-18(16-34)24(39)26(41)28(43)30(45-3)46-14-9-6-12-23(38)33-20(19(2)36)10-4-7-13-32-22(37)11-5-8-15-47-31-29(44)27(42)25(40)21(17-35)48-31/h18,20-21,24-31,34-35,39-44H,4-17H2,1-3H3,(H,32,37)(H,33,38). The van der Waals surface area contributed by atoms with E-state index in [0.29, 0.717) is 51.5 Å². The molecule has 0 radical (unpaired) electrons. The van der Waals surface area contributed by atoms with Gasteiger partial charge in [0.05, 0.1) is 18.8 Å². The third kappa shape index (κ3) is 15.8. The molecule has 0 saturated carbocycles. The highest BCUT2D eigenvalue weighted by Crippen LogP contribution is 2.22. The van der Waals surface area contributed by atoms with Crippen LogP contribution in [0, 0.1) is 5.92 Å². The maximum atomic E-state index is 12.4. The van der Waals surface area contributed by atoms with Gasteiger partial charge in [0.25, 0.3) is 0 Å². The Balaban J connectivity index is 2.20. The zero-order valence-electron chi connectivity index (χ0n) is 28.2. The number of ether oxygens (including phenoxy) is 4. The van der Waals surface area contributed by atoms with E-state index in [1.54, 1.807) is 0 Å². The molecule has 2 amide bonds. The summed E-state index contributed by atoms with van der Waals surface area (Å²) in [5.74, 6) is -1.33. The van der Waals surface area contributed by atoms with Gasteiger partial charge in [-0.05, 0) is 51.9 Å². The van der Waals surface area contributed by atoms with Crippen molar-refractivity contribution in [2.45, 2.75) is 133 Å². The fraction of sp³-hybridized carbons (Fsp3) is 0.903. The Kier molecular flexibility index (Phi) is 22.4. The number of amides is 2. The third-order valence-corrected chi connectivity index (χ3v) is 8.16. The number of hydrogen-bond acceptors (Lipinski definition) is 15. The number of carbonyl (C=O) groups excluding carboxylic acids is 3. The van der Waals surface area contributed by atoms with Crippen molar-refractivity contribution in [1.29, 1.82) is 0 Å². The van der Waals surface area contributed by atoms with Crippen molar-refractivity contribution >= 4 is 17.6 Å². The summed E-state index contributed by atoms with van der Waals surface area (Å²) in [5, 5.41) is 83.8. The second-order valence-electron chi connectivity index (χ2n) is 12.2. The number of hydrogen-bond donors (Lipinski definition) is 10. The van der Waals surface area contributed by atoms with Gasteiger partial charge in [0.1, 0.15) is 36.6 Å². The molecule has 1 aliphatic rings. The second-order valence-corrected chi connectivity index (χ2v) is 12.2. The maximum absolute atomic E-state index is 12.4. The molecule has 1 saturated heterocycles. The molecule has 17 heteroatoms. The quantitative estimate of drug-likeness (QED) is 0.0323. The largest absolute Gasteiger partial charge is 0.396 e. The summed E-state index contributed by atoms with van der Waals surface area (Å²) in [7, 11) is 1.27. The summed E-state index contributed by atoms with van der Waals surface area (Å²) in [6.45, 7) is 2.60. The molecule has 0 aromatic rings. The highest BCUT2D eigenvalue weighted by molar-refractivity contribution is 5.87. The van der Waals surface area contributed by atoms with Gasteiger partial charge in [-0.1, -0.05) is 6.92 Å². The van der Waals surface area contributed by atoms with Crippen molar-refractivity contribution in [1.82, 2.24) is 10.6 Å². The SMILES string of the molecule is COC(OCCCCC(=O)NC(CCCCNC(=O)CCCCOC1OC(CO)C(O)C(O)C1O)C(C)=O)C(O)C(O)C(O)C(C)CO. The topological polar surface area (TPSA) is 274 Å². The summed E-state index contributed by atoms with van der Waals surface area (Å²) >= 11 is 0. The highest BCUT2D eigenvalue weighted by Gasteiger charge is 2.44. The molecule has 0 spiro atoms. The monoisotopic (exact) mass is 698 g/mol. The minimum absolute atomic E-state index is 0.0962. The number of ketones is 1. The lowest BCUT2D eigenvalue weighted by molar-refractivity contribution is -0.301. The van der Waals surface area contributed by atoms with Crippen LogP contribution in [0.2, 0.25) is 0 Å². The van der Waals surface area contributed by atoms with Gasteiger partial charge < -0.3 is 70.4 Å². The molecule has 0 aromatic carbocycles. The van der Waals surface area contributed by atoms with Crippen molar-refractivity contribution in [3.05, 3.63) is 0 Å². The number of methoxy groups -OCH3 is 1. The van der Waals surface area contributed by atoms with Crippen molar-refractivity contribution in [3.63, 3.8) is 0 Å². The molecule has 48 heavy (non-hydrogen) atoms. The van der Waals surface area contributed by atoms with Crippen LogP contribution in [-0.2, 0) is 33.3 Å². The first-order valence-corrected chi connectivity index (χ1v) is 16.6. The molecule has 0 bridgehead atoms. The van der Waals surface area contributed by atoms with Crippen LogP contribution in [0.15, 0.2) is 0 Å². The summed E-state index contributed by atoms with van der Waals surface area (Å²) < 4.78 is 21.2. The van der Waals surface area contributed by atoms with E-state index >= 15 is 0 Å². The molecule has 1 fully saturated rings. The van der Waals surface area contributed by atoms with Gasteiger partial charge in [0.2, 0.25) is 11.8 Å². The average molecular weight is 699 g/mol. The molecule has 1 rings (SSSR count). The molecule has 10 N–H and O–H groups in total. The predicted octanol–water partition coefficient (Wildman–Crippen LogP) is -2.80. The second kappa shape index (κ2) is 24.3. The van der Waals surface area contributed by atoms with Crippen LogP contribution in [0.1, 0.15) is 71.6 Å². The number of aliphatic hydroxyl groups is 8. The van der Waals surface area contributed by atoms with E-state index in [-0.39, 0.29) is 50.3 Å². The van der Waals surface area contributed by atoms with Gasteiger partial charge in [-0.3, -0.25) is 14.4 Å². The van der Waals surface area contributed by atoms with Crippen molar-refractivity contribution < 1.29 is 74.2 Å². The van der Waals surface area contributed by atoms with E-state index in [4.69, 9.17) is 24.1 Å². The molecular formula is C31H58N2O15. The van der Waals surface area contributed by atoms with Crippen LogP contribution in [0.25, 0.3) is 0 Å². The molecule has 11 atom stereocenters. The van der Waals surface area contributed by atoms with Crippen molar-refractivity contribution in [2.75, 3.05) is 40.1 Å². The molecule has 0 aromatic heterocycles. The van der Waals surface area contributed by atoms with Crippen LogP contribution in [0.4, 0.5) is 0 Å². The zero-order valence-corrected chi connectivity index (χ0v) is 28.2. The Morgan fingerprint density at radius 3 is 2.06 bits per heavy atom. The lowest BCUT2D eigenvalue weighted by Crippen LogP contribution is -2.59. The zero-order chi connectivity index (χ0) is 36.2. The van der Waals surface area contributed by atoms with Gasteiger partial charge in [-0.15, -0.1) is 0 Å². The van der Waals surface area contributed by atoms with Crippen LogP contribution in [0.3, 0.4) is 0 Å². The van der Waals surface area contributed by atoms with E-state index in [9.17, 15) is 50.1 Å². The fourth-order valence-corrected chi connectivity index (χ4v) is 4.93. The smallest absolute Gasteiger partial charge is 0.220 e. The Bertz CT molecular complexity index is 913. The van der Waals surface area contributed by atoms with Crippen LogP contribution < -0.4 is 10.6 Å². The molecular weight excluding hydrogens is 640 g/mol. The lowest BCUT2D eigenvalue weighted by atomic mass is 9.97. The third-order valence-electron chi connectivity index (χ3n) is 8.16. The molecule has 1 aliphatic heterocycles. The lowest BCUT2D eigenvalue weighted by Gasteiger charge is -2.39. The molecule has 17 nitrogen and oxygen atoms in total. The molecule has 11 unspecified atom stereocenters. The first-order chi connectivity index (χ1) is 22.8. The normalized spacial score (nSPS) is 25.0. The average Bonchev–Trinajstić information content (AvgIpc) is 3.07. The Hall–Kier alpha value is -1.87. The van der Waals surface area contributed by atoms with Gasteiger partial charge in [0, 0.05) is 52.2 Å². The summed E-state index contributed by atoms with van der Waals surface area (Å²) in [6, 6.07) is -0.657. The van der Waals surface area contributed by atoms with E-state index in [0.717, 1.165) is 0 Å². The van der Waals surface area contributed by atoms with Gasteiger partial charge >= 0.3 is 0 Å². The van der Waals surface area contributed by atoms with Gasteiger partial charge in [-0.2, -0.15) is 0 Å². The van der Waals surface area contributed by atoms with Crippen molar-refractivity contribution in [2.24, 2.45) is 5.92 Å². The Morgan fingerprint density at radius 1 is 0.812 bits per heavy atom. The molecule has 0 aliphatic carbocycles. The number of unbranched alkanes of at least 4 members (excludes halogenated alkanes) is 3. The van der Waals surface area contributed by atoms with Gasteiger partial charge in [0.15, 0.2) is 18.4 Å². The number of nitrogens with one attached hydrogen (secondary N) is 2. The minimum Gasteiger partial charge on any atom is -0.396 e. The first kappa shape index (κ1) is 44.2. The Labute approximate surface area is 281 Å². The molecule has 282 valence electrons.